The van der Waals surface area contributed by atoms with Gasteiger partial charge in [0, 0.05) is 29.4 Å². The van der Waals surface area contributed by atoms with E-state index < -0.39 is 0 Å². The first-order valence-electron chi connectivity index (χ1n) is 6.85. The minimum atomic E-state index is 0.748. The van der Waals surface area contributed by atoms with Crippen molar-refractivity contribution in [2.24, 2.45) is 9.98 Å². The molecule has 0 fully saturated rings. The quantitative estimate of drug-likeness (QED) is 0.427. The summed E-state index contributed by atoms with van der Waals surface area (Å²) in [7, 11) is 1.75. The van der Waals surface area contributed by atoms with Crippen molar-refractivity contribution in [3.63, 3.8) is 0 Å². The smallest absolute Gasteiger partial charge is 0.154 e. The zero-order chi connectivity index (χ0) is 15.1. The van der Waals surface area contributed by atoms with Crippen LogP contribution in [0.5, 0.6) is 0 Å². The standard InChI is InChI=1S/C19H18N2/c1-15(2)21-19(20-3)18-13-11-17(12-14-18)10-9-16-7-5-4-6-8-16/h4-8,11-14H,1-3H3/b20-19-. The summed E-state index contributed by atoms with van der Waals surface area (Å²) in [5.74, 6) is 7.06. The van der Waals surface area contributed by atoms with Crippen LogP contribution < -0.4 is 0 Å². The first kappa shape index (κ1) is 14.7. The van der Waals surface area contributed by atoms with E-state index in [9.17, 15) is 0 Å². The maximum atomic E-state index is 4.42. The van der Waals surface area contributed by atoms with Crippen molar-refractivity contribution in [1.82, 2.24) is 0 Å². The lowest BCUT2D eigenvalue weighted by Crippen LogP contribution is -1.99. The van der Waals surface area contributed by atoms with Crippen molar-refractivity contribution < 1.29 is 0 Å². The largest absolute Gasteiger partial charge is 0.270 e. The van der Waals surface area contributed by atoms with Crippen LogP contribution in [0.1, 0.15) is 30.5 Å². The monoisotopic (exact) mass is 274 g/mol. The zero-order valence-corrected chi connectivity index (χ0v) is 12.6. The lowest BCUT2D eigenvalue weighted by atomic mass is 10.1. The normalized spacial score (nSPS) is 10.5. The number of hydrogen-bond acceptors (Lipinski definition) is 1. The van der Waals surface area contributed by atoms with E-state index in [0.717, 1.165) is 28.2 Å². The first-order chi connectivity index (χ1) is 10.2. The van der Waals surface area contributed by atoms with E-state index in [2.05, 4.69) is 21.8 Å². The van der Waals surface area contributed by atoms with Crippen LogP contribution in [0.4, 0.5) is 0 Å². The Morgan fingerprint density at radius 2 is 1.38 bits per heavy atom. The Labute approximate surface area is 126 Å². The Bertz CT molecular complexity index is 708. The molecule has 0 bridgehead atoms. The Hall–Kier alpha value is -2.66. The molecule has 0 unspecified atom stereocenters. The summed E-state index contributed by atoms with van der Waals surface area (Å²) in [5.41, 5.74) is 3.99. The molecule has 2 heteroatoms. The fourth-order valence-electron chi connectivity index (χ4n) is 1.82. The highest BCUT2D eigenvalue weighted by atomic mass is 14.9. The van der Waals surface area contributed by atoms with Crippen LogP contribution in [0.15, 0.2) is 64.6 Å². The molecule has 0 N–H and O–H groups in total. The van der Waals surface area contributed by atoms with E-state index in [1.54, 1.807) is 7.05 Å². The van der Waals surface area contributed by atoms with Gasteiger partial charge in [-0.2, -0.15) is 0 Å². The molecule has 2 rings (SSSR count). The Kier molecular flexibility index (Phi) is 5.06. The molecule has 0 aliphatic carbocycles. The second-order valence-corrected chi connectivity index (χ2v) is 4.80. The maximum Gasteiger partial charge on any atom is 0.154 e. The van der Waals surface area contributed by atoms with Crippen LogP contribution in [0.2, 0.25) is 0 Å². The topological polar surface area (TPSA) is 24.7 Å². The van der Waals surface area contributed by atoms with Gasteiger partial charge in [0.15, 0.2) is 5.84 Å². The summed E-state index contributed by atoms with van der Waals surface area (Å²) in [5, 5.41) is 0. The number of aliphatic imine (C=N–C) groups is 2. The van der Waals surface area contributed by atoms with Crippen molar-refractivity contribution in [2.45, 2.75) is 13.8 Å². The molecule has 2 aromatic rings. The number of rotatable bonds is 1. The third kappa shape index (κ3) is 4.43. The molecule has 0 heterocycles. The van der Waals surface area contributed by atoms with Gasteiger partial charge >= 0.3 is 0 Å². The molecule has 21 heavy (non-hydrogen) atoms. The summed E-state index contributed by atoms with van der Waals surface area (Å²) in [6.07, 6.45) is 0. The Balaban J connectivity index is 2.20. The molecule has 0 atom stereocenters. The molecule has 0 saturated heterocycles. The molecule has 2 nitrogen and oxygen atoms in total. The number of nitrogens with zero attached hydrogens (tertiary/aromatic N) is 2. The van der Waals surface area contributed by atoms with Crippen LogP contribution in [0, 0.1) is 11.8 Å². The van der Waals surface area contributed by atoms with Gasteiger partial charge in [-0.3, -0.25) is 4.99 Å². The van der Waals surface area contributed by atoms with E-state index in [0.29, 0.717) is 0 Å². The van der Waals surface area contributed by atoms with Gasteiger partial charge < -0.3 is 0 Å². The van der Waals surface area contributed by atoms with E-state index in [1.165, 1.54) is 0 Å². The molecule has 0 spiro atoms. The van der Waals surface area contributed by atoms with Crippen molar-refractivity contribution in [3.05, 3.63) is 71.3 Å². The first-order valence-corrected chi connectivity index (χ1v) is 6.85. The van der Waals surface area contributed by atoms with Gasteiger partial charge in [-0.25, -0.2) is 4.99 Å². The average Bonchev–Trinajstić information content (AvgIpc) is 2.52. The van der Waals surface area contributed by atoms with Gasteiger partial charge in [0.05, 0.1) is 0 Å². The minimum absolute atomic E-state index is 0.748. The molecule has 2 aromatic carbocycles. The van der Waals surface area contributed by atoms with Crippen LogP contribution >= 0.6 is 0 Å². The van der Waals surface area contributed by atoms with Crippen molar-refractivity contribution >= 4 is 11.5 Å². The summed E-state index contributed by atoms with van der Waals surface area (Å²) in [4.78, 5) is 8.63. The number of amidine groups is 1. The van der Waals surface area contributed by atoms with Gasteiger partial charge in [0.1, 0.15) is 0 Å². The van der Waals surface area contributed by atoms with E-state index in [1.807, 2.05) is 68.4 Å². The molecule has 0 aliphatic rings. The summed E-state index contributed by atoms with van der Waals surface area (Å²) < 4.78 is 0. The van der Waals surface area contributed by atoms with Crippen LogP contribution in [0.3, 0.4) is 0 Å². The Morgan fingerprint density at radius 1 is 0.810 bits per heavy atom. The second kappa shape index (κ2) is 7.21. The molecular weight excluding hydrogens is 256 g/mol. The van der Waals surface area contributed by atoms with Gasteiger partial charge in [-0.1, -0.05) is 30.0 Å². The highest BCUT2D eigenvalue weighted by Gasteiger charge is 2.00. The highest BCUT2D eigenvalue weighted by molar-refractivity contribution is 6.05. The van der Waals surface area contributed by atoms with E-state index in [-0.39, 0.29) is 0 Å². The van der Waals surface area contributed by atoms with Crippen molar-refractivity contribution in [3.8, 4) is 11.8 Å². The van der Waals surface area contributed by atoms with Gasteiger partial charge in [0.25, 0.3) is 0 Å². The average molecular weight is 274 g/mol. The maximum absolute atomic E-state index is 4.42. The predicted molar refractivity (Wildman–Crippen MR) is 90.1 cm³/mol. The van der Waals surface area contributed by atoms with Gasteiger partial charge in [-0.05, 0) is 50.2 Å². The SMILES string of the molecule is C/N=C(\N=C(C)C)c1ccc(C#Cc2ccccc2)cc1. The predicted octanol–water partition coefficient (Wildman–Crippen LogP) is 3.94. The zero-order valence-electron chi connectivity index (χ0n) is 12.6. The summed E-state index contributed by atoms with van der Waals surface area (Å²) >= 11 is 0. The molecule has 0 saturated carbocycles. The van der Waals surface area contributed by atoms with E-state index in [4.69, 9.17) is 0 Å². The van der Waals surface area contributed by atoms with Crippen molar-refractivity contribution in [2.75, 3.05) is 7.05 Å². The molecule has 0 radical (unpaired) electrons. The summed E-state index contributed by atoms with van der Waals surface area (Å²) in [6, 6.07) is 18.0. The van der Waals surface area contributed by atoms with Gasteiger partial charge in [-0.15, -0.1) is 0 Å². The third-order valence-corrected chi connectivity index (χ3v) is 2.81. The van der Waals surface area contributed by atoms with Crippen molar-refractivity contribution in [1.29, 1.82) is 0 Å². The molecule has 0 aromatic heterocycles. The fraction of sp³-hybridized carbons (Fsp3) is 0.158. The molecule has 0 amide bonds. The number of benzene rings is 2. The lowest BCUT2D eigenvalue weighted by Gasteiger charge is -2.01. The van der Waals surface area contributed by atoms with E-state index >= 15 is 0 Å². The number of hydrogen-bond donors (Lipinski definition) is 0. The van der Waals surface area contributed by atoms with Gasteiger partial charge in [0.2, 0.25) is 0 Å². The molecular formula is C19H18N2. The van der Waals surface area contributed by atoms with Crippen LogP contribution in [-0.4, -0.2) is 18.6 Å². The van der Waals surface area contributed by atoms with Crippen LogP contribution in [0.25, 0.3) is 0 Å². The second-order valence-electron chi connectivity index (χ2n) is 4.80. The Morgan fingerprint density at radius 3 is 1.90 bits per heavy atom. The van der Waals surface area contributed by atoms with Crippen LogP contribution in [-0.2, 0) is 0 Å². The molecule has 104 valence electrons. The fourth-order valence-corrected chi connectivity index (χ4v) is 1.82. The summed E-state index contributed by atoms with van der Waals surface area (Å²) in [6.45, 7) is 3.93. The highest BCUT2D eigenvalue weighted by Crippen LogP contribution is 2.07. The minimum Gasteiger partial charge on any atom is -0.270 e. The lowest BCUT2D eigenvalue weighted by molar-refractivity contribution is 1.38. The third-order valence-electron chi connectivity index (χ3n) is 2.81. The molecule has 0 aliphatic heterocycles.